The lowest BCUT2D eigenvalue weighted by atomic mass is 9.84. The maximum atomic E-state index is 6.40. The molecule has 1 aliphatic rings. The first-order valence-electron chi connectivity index (χ1n) is 17.8. The Morgan fingerprint density at radius 3 is 1.65 bits per heavy atom. The van der Waals surface area contributed by atoms with Gasteiger partial charge in [0.25, 0.3) is 0 Å². The average Bonchev–Trinajstić information content (AvgIpc) is 3.81. The van der Waals surface area contributed by atoms with Crippen LogP contribution in [0.15, 0.2) is 168 Å². The van der Waals surface area contributed by atoms with Crippen LogP contribution in [0.4, 0.5) is 0 Å². The molecule has 1 aliphatic carbocycles. The molecule has 2 aromatic heterocycles. The predicted octanol–water partition coefficient (Wildman–Crippen LogP) is 13.5. The molecule has 0 amide bonds. The Kier molecular flexibility index (Phi) is 5.76. The van der Waals surface area contributed by atoms with Crippen LogP contribution in [0.25, 0.3) is 93.5 Å². The van der Waals surface area contributed by atoms with E-state index in [1.165, 1.54) is 82.8 Å². The first kappa shape index (κ1) is 28.5. The van der Waals surface area contributed by atoms with Crippen LogP contribution >= 0.6 is 0 Å². The van der Waals surface area contributed by atoms with Gasteiger partial charge in [-0.15, -0.1) is 0 Å². The lowest BCUT2D eigenvalue weighted by Crippen LogP contribution is -2.19. The summed E-state index contributed by atoms with van der Waals surface area (Å²) in [7, 11) is 0. The maximum absolute atomic E-state index is 6.40. The molecular weight excluding hydrogens is 619 g/mol. The lowest BCUT2D eigenvalue weighted by molar-refractivity contribution is 0.624. The summed E-state index contributed by atoms with van der Waals surface area (Å²) in [5.74, 6) is 0. The highest BCUT2D eigenvalue weighted by Crippen LogP contribution is 2.56. The minimum Gasteiger partial charge on any atom is -0.456 e. The Bertz CT molecular complexity index is 2990. The maximum Gasteiger partial charge on any atom is 0.136 e. The summed E-state index contributed by atoms with van der Waals surface area (Å²) in [6.45, 7) is 4.77. The third-order valence-corrected chi connectivity index (χ3v) is 11.3. The molecule has 10 aromatic rings. The van der Waals surface area contributed by atoms with E-state index in [2.05, 4.69) is 176 Å². The standard InChI is InChI=1S/C49H33NO/c1-49(2)40-27-12-10-22-35(40)46-39-26-14-25-38(47(39)50(48(46)49)30-16-4-3-5-17-30)44-33-20-8-6-18-31(33)43(32-19-7-9-21-34(32)44)37-24-15-29-42-45(37)36-23-11-13-28-41(36)51-42/h3-29H,1-2H3. The molecule has 0 saturated carbocycles. The van der Waals surface area contributed by atoms with E-state index in [-0.39, 0.29) is 5.41 Å². The number of hydrogen-bond donors (Lipinski definition) is 0. The van der Waals surface area contributed by atoms with Gasteiger partial charge in [-0.3, -0.25) is 0 Å². The average molecular weight is 652 g/mol. The molecule has 11 rings (SSSR count). The van der Waals surface area contributed by atoms with Crippen LogP contribution in [0.2, 0.25) is 0 Å². The second-order valence-corrected chi connectivity index (χ2v) is 14.4. The molecule has 0 bridgehead atoms. The molecule has 0 unspecified atom stereocenters. The summed E-state index contributed by atoms with van der Waals surface area (Å²) in [4.78, 5) is 0. The molecule has 8 aromatic carbocycles. The van der Waals surface area contributed by atoms with Gasteiger partial charge in [0.15, 0.2) is 0 Å². The molecule has 2 heterocycles. The number of nitrogens with zero attached hydrogens (tertiary/aromatic N) is 1. The van der Waals surface area contributed by atoms with Crippen molar-refractivity contribution in [2.45, 2.75) is 19.3 Å². The molecule has 0 spiro atoms. The number of rotatable bonds is 3. The molecule has 51 heavy (non-hydrogen) atoms. The van der Waals surface area contributed by atoms with Gasteiger partial charge in [0.05, 0.1) is 5.52 Å². The molecule has 2 heteroatoms. The topological polar surface area (TPSA) is 18.1 Å². The van der Waals surface area contributed by atoms with E-state index in [9.17, 15) is 0 Å². The zero-order chi connectivity index (χ0) is 33.8. The van der Waals surface area contributed by atoms with Crippen LogP contribution in [0.5, 0.6) is 0 Å². The zero-order valence-corrected chi connectivity index (χ0v) is 28.4. The Morgan fingerprint density at radius 1 is 0.412 bits per heavy atom. The van der Waals surface area contributed by atoms with Gasteiger partial charge in [0.2, 0.25) is 0 Å². The van der Waals surface area contributed by atoms with Crippen LogP contribution in [0.3, 0.4) is 0 Å². The molecule has 0 atom stereocenters. The van der Waals surface area contributed by atoms with Crippen molar-refractivity contribution in [3.8, 4) is 39.1 Å². The second-order valence-electron chi connectivity index (χ2n) is 14.4. The number of hydrogen-bond acceptors (Lipinski definition) is 1. The van der Waals surface area contributed by atoms with Crippen LogP contribution in [-0.2, 0) is 5.41 Å². The number of para-hydroxylation sites is 3. The minimum atomic E-state index is -0.182. The number of aromatic nitrogens is 1. The summed E-state index contributed by atoms with van der Waals surface area (Å²) >= 11 is 0. The Hall–Kier alpha value is -6.38. The molecule has 2 nitrogen and oxygen atoms in total. The molecule has 0 saturated heterocycles. The van der Waals surface area contributed by atoms with Gasteiger partial charge in [0.1, 0.15) is 11.2 Å². The van der Waals surface area contributed by atoms with Gasteiger partial charge < -0.3 is 8.98 Å². The van der Waals surface area contributed by atoms with Crippen molar-refractivity contribution < 1.29 is 4.42 Å². The van der Waals surface area contributed by atoms with E-state index in [4.69, 9.17) is 4.42 Å². The van der Waals surface area contributed by atoms with E-state index in [1.807, 2.05) is 6.07 Å². The highest BCUT2D eigenvalue weighted by Gasteiger charge is 2.41. The minimum absolute atomic E-state index is 0.182. The van der Waals surface area contributed by atoms with E-state index >= 15 is 0 Å². The van der Waals surface area contributed by atoms with Crippen molar-refractivity contribution in [2.75, 3.05) is 0 Å². The Balaban J connectivity index is 1.32. The number of furan rings is 1. The molecule has 0 N–H and O–H groups in total. The first-order valence-corrected chi connectivity index (χ1v) is 17.8. The van der Waals surface area contributed by atoms with Crippen molar-refractivity contribution >= 4 is 54.4 Å². The van der Waals surface area contributed by atoms with E-state index < -0.39 is 0 Å². The van der Waals surface area contributed by atoms with E-state index in [0.717, 1.165) is 21.9 Å². The first-order chi connectivity index (χ1) is 25.1. The van der Waals surface area contributed by atoms with Gasteiger partial charge in [-0.25, -0.2) is 0 Å². The fraction of sp³-hybridized carbons (Fsp3) is 0.0612. The fourth-order valence-corrected chi connectivity index (χ4v) is 9.30. The number of benzene rings is 8. The summed E-state index contributed by atoms with van der Waals surface area (Å²) in [5.41, 5.74) is 14.4. The quantitative estimate of drug-likeness (QED) is 0.174. The monoisotopic (exact) mass is 651 g/mol. The van der Waals surface area contributed by atoms with Crippen molar-refractivity contribution in [3.63, 3.8) is 0 Å². The zero-order valence-electron chi connectivity index (χ0n) is 28.4. The van der Waals surface area contributed by atoms with Gasteiger partial charge in [-0.05, 0) is 73.6 Å². The fourth-order valence-electron chi connectivity index (χ4n) is 9.30. The second kappa shape index (κ2) is 10.3. The smallest absolute Gasteiger partial charge is 0.136 e. The molecule has 0 radical (unpaired) electrons. The van der Waals surface area contributed by atoms with Gasteiger partial charge >= 0.3 is 0 Å². The molecule has 240 valence electrons. The van der Waals surface area contributed by atoms with Gasteiger partial charge in [-0.1, -0.05) is 153 Å². The highest BCUT2D eigenvalue weighted by molar-refractivity contribution is 6.27. The van der Waals surface area contributed by atoms with Crippen molar-refractivity contribution in [3.05, 3.63) is 175 Å². The summed E-state index contributed by atoms with van der Waals surface area (Å²) in [5, 5.41) is 8.54. The lowest BCUT2D eigenvalue weighted by Gasteiger charge is -2.25. The molecule has 0 fully saturated rings. The summed E-state index contributed by atoms with van der Waals surface area (Å²) < 4.78 is 8.97. The SMILES string of the molecule is CC1(C)c2ccccc2-c2c1n(-c1ccccc1)c1c(-c3c4ccccc4c(-c4cccc5oc6ccccc6c45)c4ccccc34)cccc21. The predicted molar refractivity (Wildman–Crippen MR) is 214 cm³/mol. The summed E-state index contributed by atoms with van der Waals surface area (Å²) in [6.07, 6.45) is 0. The van der Waals surface area contributed by atoms with Gasteiger partial charge in [0, 0.05) is 44.1 Å². The Morgan fingerprint density at radius 2 is 0.922 bits per heavy atom. The normalized spacial score (nSPS) is 13.5. The van der Waals surface area contributed by atoms with Crippen molar-refractivity contribution in [2.24, 2.45) is 0 Å². The molecule has 0 aliphatic heterocycles. The van der Waals surface area contributed by atoms with E-state index in [0.29, 0.717) is 0 Å². The van der Waals surface area contributed by atoms with Crippen molar-refractivity contribution in [1.29, 1.82) is 0 Å². The van der Waals surface area contributed by atoms with Crippen LogP contribution < -0.4 is 0 Å². The highest BCUT2D eigenvalue weighted by atomic mass is 16.3. The third kappa shape index (κ3) is 3.77. The van der Waals surface area contributed by atoms with Crippen LogP contribution in [-0.4, -0.2) is 4.57 Å². The van der Waals surface area contributed by atoms with E-state index in [1.54, 1.807) is 0 Å². The number of fused-ring (bicyclic) bond motifs is 10. The van der Waals surface area contributed by atoms with Crippen LogP contribution in [0, 0.1) is 0 Å². The van der Waals surface area contributed by atoms with Gasteiger partial charge in [-0.2, -0.15) is 0 Å². The van der Waals surface area contributed by atoms with Crippen LogP contribution in [0.1, 0.15) is 25.1 Å². The largest absolute Gasteiger partial charge is 0.456 e. The Labute approximate surface area is 295 Å². The summed E-state index contributed by atoms with van der Waals surface area (Å²) in [6, 6.07) is 59.7. The molecular formula is C49H33NO. The van der Waals surface area contributed by atoms with Crippen molar-refractivity contribution in [1.82, 2.24) is 4.57 Å². The third-order valence-electron chi connectivity index (χ3n) is 11.3.